The van der Waals surface area contributed by atoms with Gasteiger partial charge in [0, 0.05) is 25.0 Å². The molecule has 1 aromatic rings. The highest BCUT2D eigenvalue weighted by Gasteiger charge is 2.22. The summed E-state index contributed by atoms with van der Waals surface area (Å²) in [4.78, 5) is 12.1. The summed E-state index contributed by atoms with van der Waals surface area (Å²) in [5.41, 5.74) is 2.81. The standard InChI is InChI=1S/C16H22N2O2.ClH/c19-16(10-15-11-20-8-7-17-15)18-14-6-5-12-3-1-2-4-13(12)9-14;/h1-4,14-15,17H,5-11H2,(H,18,19);1H. The topological polar surface area (TPSA) is 50.4 Å². The van der Waals surface area contributed by atoms with Crippen LogP contribution in [0.3, 0.4) is 0 Å². The summed E-state index contributed by atoms with van der Waals surface area (Å²) in [7, 11) is 0. The fourth-order valence-corrected chi connectivity index (χ4v) is 3.08. The Morgan fingerprint density at radius 3 is 2.90 bits per heavy atom. The van der Waals surface area contributed by atoms with Gasteiger partial charge in [-0.05, 0) is 30.4 Å². The monoisotopic (exact) mass is 310 g/mol. The first-order valence-electron chi connectivity index (χ1n) is 7.48. The van der Waals surface area contributed by atoms with E-state index < -0.39 is 0 Å². The molecule has 3 rings (SSSR count). The highest BCUT2D eigenvalue weighted by atomic mass is 35.5. The van der Waals surface area contributed by atoms with Crippen molar-refractivity contribution in [2.45, 2.75) is 37.8 Å². The van der Waals surface area contributed by atoms with Gasteiger partial charge in [0.1, 0.15) is 0 Å². The van der Waals surface area contributed by atoms with Gasteiger partial charge in [-0.1, -0.05) is 24.3 Å². The Morgan fingerprint density at radius 2 is 2.14 bits per heavy atom. The van der Waals surface area contributed by atoms with Crippen LogP contribution in [0.5, 0.6) is 0 Å². The lowest BCUT2D eigenvalue weighted by molar-refractivity contribution is -0.123. The molecule has 1 aliphatic heterocycles. The molecule has 2 N–H and O–H groups in total. The molecule has 0 spiro atoms. The summed E-state index contributed by atoms with van der Waals surface area (Å²) >= 11 is 0. The lowest BCUT2D eigenvalue weighted by Gasteiger charge is -2.27. The number of hydrogen-bond acceptors (Lipinski definition) is 3. The Bertz CT molecular complexity index is 475. The molecule has 0 saturated carbocycles. The average molecular weight is 311 g/mol. The fraction of sp³-hybridized carbons (Fsp3) is 0.562. The molecule has 2 aliphatic rings. The van der Waals surface area contributed by atoms with Crippen LogP contribution >= 0.6 is 12.4 Å². The summed E-state index contributed by atoms with van der Waals surface area (Å²) in [6.45, 7) is 2.23. The van der Waals surface area contributed by atoms with E-state index in [2.05, 4.69) is 34.9 Å². The first-order chi connectivity index (χ1) is 9.81. The lowest BCUT2D eigenvalue weighted by atomic mass is 9.88. The largest absolute Gasteiger partial charge is 0.378 e. The zero-order valence-electron chi connectivity index (χ0n) is 12.1. The van der Waals surface area contributed by atoms with Gasteiger partial charge in [0.2, 0.25) is 5.91 Å². The van der Waals surface area contributed by atoms with Gasteiger partial charge >= 0.3 is 0 Å². The van der Waals surface area contributed by atoms with E-state index in [0.29, 0.717) is 13.0 Å². The van der Waals surface area contributed by atoms with Gasteiger partial charge in [0.15, 0.2) is 0 Å². The van der Waals surface area contributed by atoms with Crippen molar-refractivity contribution in [1.29, 1.82) is 0 Å². The van der Waals surface area contributed by atoms with Crippen molar-refractivity contribution >= 4 is 18.3 Å². The van der Waals surface area contributed by atoms with Crippen LogP contribution in [-0.2, 0) is 22.4 Å². The Labute approximate surface area is 132 Å². The number of benzene rings is 1. The summed E-state index contributed by atoms with van der Waals surface area (Å²) in [6, 6.07) is 8.97. The van der Waals surface area contributed by atoms with E-state index >= 15 is 0 Å². The van der Waals surface area contributed by atoms with E-state index in [0.717, 1.165) is 32.4 Å². The lowest BCUT2D eigenvalue weighted by Crippen LogP contribution is -2.46. The maximum absolute atomic E-state index is 12.1. The molecule has 21 heavy (non-hydrogen) atoms. The molecule has 0 bridgehead atoms. The van der Waals surface area contributed by atoms with Crippen molar-refractivity contribution in [3.8, 4) is 0 Å². The van der Waals surface area contributed by atoms with Gasteiger partial charge in [0.25, 0.3) is 0 Å². The van der Waals surface area contributed by atoms with Crippen LogP contribution in [0, 0.1) is 0 Å². The van der Waals surface area contributed by atoms with Gasteiger partial charge < -0.3 is 15.4 Å². The quantitative estimate of drug-likeness (QED) is 0.889. The first-order valence-corrected chi connectivity index (χ1v) is 7.48. The smallest absolute Gasteiger partial charge is 0.221 e. The van der Waals surface area contributed by atoms with Gasteiger partial charge in [-0.15, -0.1) is 12.4 Å². The zero-order chi connectivity index (χ0) is 13.8. The van der Waals surface area contributed by atoms with Gasteiger partial charge in [0.05, 0.1) is 13.2 Å². The molecule has 5 heteroatoms. The predicted molar refractivity (Wildman–Crippen MR) is 84.9 cm³/mol. The minimum Gasteiger partial charge on any atom is -0.378 e. The Hall–Kier alpha value is -1.10. The first kappa shape index (κ1) is 16.3. The molecule has 0 aromatic heterocycles. The minimum absolute atomic E-state index is 0. The molecule has 1 aromatic carbocycles. The molecule has 1 amide bonds. The van der Waals surface area contributed by atoms with Crippen LogP contribution in [0.15, 0.2) is 24.3 Å². The number of aryl methyl sites for hydroxylation is 1. The molecule has 116 valence electrons. The van der Waals surface area contributed by atoms with Crippen molar-refractivity contribution in [2.24, 2.45) is 0 Å². The second kappa shape index (κ2) is 7.78. The molecule has 1 fully saturated rings. The molecule has 1 heterocycles. The summed E-state index contributed by atoms with van der Waals surface area (Å²) in [5.74, 6) is 0.136. The maximum atomic E-state index is 12.1. The SMILES string of the molecule is Cl.O=C(CC1COCCN1)NC1CCc2ccccc2C1. The van der Waals surface area contributed by atoms with Crippen molar-refractivity contribution in [3.63, 3.8) is 0 Å². The van der Waals surface area contributed by atoms with Gasteiger partial charge in [-0.3, -0.25) is 4.79 Å². The number of morpholine rings is 1. The molecule has 1 aliphatic carbocycles. The van der Waals surface area contributed by atoms with E-state index in [-0.39, 0.29) is 30.4 Å². The average Bonchev–Trinajstić information content (AvgIpc) is 2.48. The number of fused-ring (bicyclic) bond motifs is 1. The fourth-order valence-electron chi connectivity index (χ4n) is 3.08. The molecule has 2 unspecified atom stereocenters. The Morgan fingerprint density at radius 1 is 1.33 bits per heavy atom. The van der Waals surface area contributed by atoms with Crippen LogP contribution in [-0.4, -0.2) is 37.7 Å². The highest BCUT2D eigenvalue weighted by Crippen LogP contribution is 2.21. The van der Waals surface area contributed by atoms with E-state index in [9.17, 15) is 4.79 Å². The van der Waals surface area contributed by atoms with E-state index in [4.69, 9.17) is 4.74 Å². The number of carbonyl (C=O) groups is 1. The van der Waals surface area contributed by atoms with Crippen LogP contribution in [0.25, 0.3) is 0 Å². The summed E-state index contributed by atoms with van der Waals surface area (Å²) in [5, 5.41) is 6.49. The van der Waals surface area contributed by atoms with E-state index in [1.807, 2.05) is 0 Å². The van der Waals surface area contributed by atoms with Crippen LogP contribution in [0.1, 0.15) is 24.0 Å². The second-order valence-electron chi connectivity index (χ2n) is 5.71. The number of nitrogens with one attached hydrogen (secondary N) is 2. The molecule has 4 nitrogen and oxygen atoms in total. The second-order valence-corrected chi connectivity index (χ2v) is 5.71. The Kier molecular flexibility index (Phi) is 6.03. The van der Waals surface area contributed by atoms with Crippen LogP contribution < -0.4 is 10.6 Å². The number of amides is 1. The van der Waals surface area contributed by atoms with Crippen molar-refractivity contribution in [3.05, 3.63) is 35.4 Å². The third-order valence-electron chi connectivity index (χ3n) is 4.14. The van der Waals surface area contributed by atoms with E-state index in [1.165, 1.54) is 11.1 Å². The number of rotatable bonds is 3. The number of carbonyl (C=O) groups excluding carboxylic acids is 1. The zero-order valence-corrected chi connectivity index (χ0v) is 13.0. The van der Waals surface area contributed by atoms with Gasteiger partial charge in [-0.2, -0.15) is 0 Å². The number of hydrogen-bond donors (Lipinski definition) is 2. The molecule has 1 saturated heterocycles. The normalized spacial score (nSPS) is 24.6. The Balaban J connectivity index is 0.00000161. The predicted octanol–water partition coefficient (Wildman–Crippen LogP) is 1.46. The highest BCUT2D eigenvalue weighted by molar-refractivity contribution is 5.85. The summed E-state index contributed by atoms with van der Waals surface area (Å²) in [6.07, 6.45) is 3.57. The maximum Gasteiger partial charge on any atom is 0.221 e. The van der Waals surface area contributed by atoms with Crippen LogP contribution in [0.4, 0.5) is 0 Å². The molecule has 0 radical (unpaired) electrons. The van der Waals surface area contributed by atoms with Crippen LogP contribution in [0.2, 0.25) is 0 Å². The van der Waals surface area contributed by atoms with Gasteiger partial charge in [-0.25, -0.2) is 0 Å². The molecule has 2 atom stereocenters. The van der Waals surface area contributed by atoms with Crippen molar-refractivity contribution < 1.29 is 9.53 Å². The number of ether oxygens (including phenoxy) is 1. The third-order valence-corrected chi connectivity index (χ3v) is 4.14. The summed E-state index contributed by atoms with van der Waals surface area (Å²) < 4.78 is 5.38. The van der Waals surface area contributed by atoms with Crippen molar-refractivity contribution in [1.82, 2.24) is 10.6 Å². The minimum atomic E-state index is 0. The third kappa shape index (κ3) is 4.43. The molecular formula is C16H23ClN2O2. The molecular weight excluding hydrogens is 288 g/mol. The number of halogens is 1. The van der Waals surface area contributed by atoms with E-state index in [1.54, 1.807) is 0 Å². The van der Waals surface area contributed by atoms with Crippen molar-refractivity contribution in [2.75, 3.05) is 19.8 Å².